The van der Waals surface area contributed by atoms with Crippen molar-refractivity contribution in [1.82, 2.24) is 0 Å². The molecular formula is C18H14N2O3. The summed E-state index contributed by atoms with van der Waals surface area (Å²) >= 11 is 0. The Hall–Kier alpha value is -3.39. The largest absolute Gasteiger partial charge is 0.423 e. The lowest BCUT2D eigenvalue weighted by atomic mass is 10.1. The maximum absolute atomic E-state index is 12.1. The predicted molar refractivity (Wildman–Crippen MR) is 85.4 cm³/mol. The van der Waals surface area contributed by atoms with Gasteiger partial charge in [-0.25, -0.2) is 4.79 Å². The van der Waals surface area contributed by atoms with Gasteiger partial charge in [-0.15, -0.1) is 0 Å². The predicted octanol–water partition coefficient (Wildman–Crippen LogP) is 2.61. The molecule has 0 aromatic heterocycles. The van der Waals surface area contributed by atoms with E-state index in [0.717, 1.165) is 5.56 Å². The van der Waals surface area contributed by atoms with Crippen molar-refractivity contribution in [2.24, 2.45) is 5.73 Å². The minimum Gasteiger partial charge on any atom is -0.423 e. The molecule has 5 heteroatoms. The van der Waals surface area contributed by atoms with Crippen LogP contribution in [0.1, 0.15) is 21.5 Å². The molecule has 0 bridgehead atoms. The molecule has 23 heavy (non-hydrogen) atoms. The summed E-state index contributed by atoms with van der Waals surface area (Å²) in [6.07, 6.45) is 1.37. The topological polar surface area (TPSA) is 93.2 Å². The van der Waals surface area contributed by atoms with Crippen molar-refractivity contribution in [1.29, 1.82) is 5.26 Å². The van der Waals surface area contributed by atoms with Crippen molar-refractivity contribution in [3.63, 3.8) is 0 Å². The van der Waals surface area contributed by atoms with Gasteiger partial charge in [0.2, 0.25) is 0 Å². The standard InChI is InChI=1S/C18H14N2O3/c1-12-4-2-3-5-16(12)18(22)23-15-8-6-13(7-9-15)10-14(11-19)17(20)21/h2-10H,1H3,(H2,20,21)/b14-10-. The summed E-state index contributed by atoms with van der Waals surface area (Å²) in [5.41, 5.74) is 6.86. The molecule has 0 atom stereocenters. The Morgan fingerprint density at radius 3 is 2.35 bits per heavy atom. The first kappa shape index (κ1) is 16.0. The van der Waals surface area contributed by atoms with Gasteiger partial charge in [-0.3, -0.25) is 4.79 Å². The van der Waals surface area contributed by atoms with Crippen LogP contribution in [0.15, 0.2) is 54.1 Å². The van der Waals surface area contributed by atoms with Crippen molar-refractivity contribution in [2.45, 2.75) is 6.92 Å². The summed E-state index contributed by atoms with van der Waals surface area (Å²) in [6, 6.07) is 15.3. The normalized spacial score (nSPS) is 10.7. The summed E-state index contributed by atoms with van der Waals surface area (Å²) in [7, 11) is 0. The number of carbonyl (C=O) groups is 2. The van der Waals surface area contributed by atoms with Crippen molar-refractivity contribution < 1.29 is 14.3 Å². The Labute approximate surface area is 133 Å². The molecule has 0 saturated heterocycles. The summed E-state index contributed by atoms with van der Waals surface area (Å²) in [6.45, 7) is 1.83. The maximum atomic E-state index is 12.1. The third-order valence-corrected chi connectivity index (χ3v) is 3.15. The highest BCUT2D eigenvalue weighted by atomic mass is 16.5. The Bertz CT molecular complexity index is 815. The number of carbonyl (C=O) groups excluding carboxylic acids is 2. The Balaban J connectivity index is 2.15. The van der Waals surface area contributed by atoms with Crippen LogP contribution in [0.3, 0.4) is 0 Å². The van der Waals surface area contributed by atoms with Gasteiger partial charge in [0, 0.05) is 0 Å². The first-order chi connectivity index (χ1) is 11.0. The van der Waals surface area contributed by atoms with Gasteiger partial charge in [0.1, 0.15) is 17.4 Å². The molecule has 114 valence electrons. The second-order valence-corrected chi connectivity index (χ2v) is 4.81. The van der Waals surface area contributed by atoms with E-state index in [1.807, 2.05) is 19.1 Å². The summed E-state index contributed by atoms with van der Waals surface area (Å²) in [5, 5.41) is 8.79. The van der Waals surface area contributed by atoms with Crippen LogP contribution in [0.5, 0.6) is 5.75 Å². The van der Waals surface area contributed by atoms with Crippen LogP contribution in [-0.4, -0.2) is 11.9 Å². The number of primary amides is 1. The quantitative estimate of drug-likeness (QED) is 0.406. The monoisotopic (exact) mass is 306 g/mol. The summed E-state index contributed by atoms with van der Waals surface area (Å²) < 4.78 is 5.30. The molecule has 0 unspecified atom stereocenters. The molecule has 0 fully saturated rings. The number of rotatable bonds is 4. The van der Waals surface area contributed by atoms with Gasteiger partial charge in [-0.2, -0.15) is 5.26 Å². The molecule has 2 rings (SSSR count). The lowest BCUT2D eigenvalue weighted by molar-refractivity contribution is -0.114. The first-order valence-corrected chi connectivity index (χ1v) is 6.80. The van der Waals surface area contributed by atoms with Crippen molar-refractivity contribution in [2.75, 3.05) is 0 Å². The fourth-order valence-corrected chi connectivity index (χ4v) is 1.92. The van der Waals surface area contributed by atoms with Gasteiger partial charge in [0.25, 0.3) is 5.91 Å². The fraction of sp³-hybridized carbons (Fsp3) is 0.0556. The van der Waals surface area contributed by atoms with Crippen molar-refractivity contribution in [3.8, 4) is 11.8 Å². The molecule has 1 amide bonds. The van der Waals surface area contributed by atoms with E-state index < -0.39 is 11.9 Å². The SMILES string of the molecule is Cc1ccccc1C(=O)Oc1ccc(/C=C(/C#N)C(N)=O)cc1. The van der Waals surface area contributed by atoms with E-state index >= 15 is 0 Å². The third-order valence-electron chi connectivity index (χ3n) is 3.15. The third kappa shape index (κ3) is 4.05. The number of nitrogens with two attached hydrogens (primary N) is 1. The van der Waals surface area contributed by atoms with E-state index in [1.165, 1.54) is 6.08 Å². The van der Waals surface area contributed by atoms with E-state index in [9.17, 15) is 9.59 Å². The first-order valence-electron chi connectivity index (χ1n) is 6.80. The zero-order valence-corrected chi connectivity index (χ0v) is 12.4. The summed E-state index contributed by atoms with van der Waals surface area (Å²) in [4.78, 5) is 23.1. The van der Waals surface area contributed by atoms with E-state index in [-0.39, 0.29) is 5.57 Å². The Morgan fingerprint density at radius 2 is 1.78 bits per heavy atom. The zero-order chi connectivity index (χ0) is 16.8. The minimum atomic E-state index is -0.789. The average molecular weight is 306 g/mol. The van der Waals surface area contributed by atoms with Crippen LogP contribution in [-0.2, 0) is 4.79 Å². The average Bonchev–Trinajstić information content (AvgIpc) is 2.54. The number of ether oxygens (including phenoxy) is 1. The van der Waals surface area contributed by atoms with Crippen LogP contribution >= 0.6 is 0 Å². The number of hydrogen-bond acceptors (Lipinski definition) is 4. The highest BCUT2D eigenvalue weighted by molar-refractivity contribution is 6.00. The zero-order valence-electron chi connectivity index (χ0n) is 12.4. The minimum absolute atomic E-state index is 0.144. The van der Waals surface area contributed by atoms with E-state index in [1.54, 1.807) is 42.5 Å². The van der Waals surface area contributed by atoms with Crippen LogP contribution in [0.4, 0.5) is 0 Å². The molecule has 0 spiro atoms. The second kappa shape index (κ2) is 7.05. The molecule has 2 aromatic rings. The fourth-order valence-electron chi connectivity index (χ4n) is 1.92. The number of benzene rings is 2. The molecule has 2 aromatic carbocycles. The van der Waals surface area contributed by atoms with Crippen LogP contribution < -0.4 is 10.5 Å². The summed E-state index contributed by atoms with van der Waals surface area (Å²) in [5.74, 6) is -0.864. The molecule has 0 aliphatic heterocycles. The molecule has 0 radical (unpaired) electrons. The molecule has 0 heterocycles. The van der Waals surface area contributed by atoms with Gasteiger partial charge in [0.05, 0.1) is 5.56 Å². The lowest BCUT2D eigenvalue weighted by Gasteiger charge is -2.06. The van der Waals surface area contributed by atoms with Gasteiger partial charge in [-0.1, -0.05) is 30.3 Å². The van der Waals surface area contributed by atoms with E-state index in [0.29, 0.717) is 16.9 Å². The Morgan fingerprint density at radius 1 is 1.13 bits per heavy atom. The van der Waals surface area contributed by atoms with Gasteiger partial charge >= 0.3 is 5.97 Å². The number of aryl methyl sites for hydroxylation is 1. The lowest BCUT2D eigenvalue weighted by Crippen LogP contribution is -2.12. The number of nitrogens with zero attached hydrogens (tertiary/aromatic N) is 1. The molecule has 0 aliphatic carbocycles. The molecule has 5 nitrogen and oxygen atoms in total. The smallest absolute Gasteiger partial charge is 0.343 e. The van der Waals surface area contributed by atoms with Crippen molar-refractivity contribution in [3.05, 3.63) is 70.8 Å². The molecular weight excluding hydrogens is 292 g/mol. The number of hydrogen-bond donors (Lipinski definition) is 1. The van der Waals surface area contributed by atoms with Gasteiger partial charge in [0.15, 0.2) is 0 Å². The maximum Gasteiger partial charge on any atom is 0.343 e. The molecule has 2 N–H and O–H groups in total. The molecule has 0 saturated carbocycles. The van der Waals surface area contributed by atoms with Crippen LogP contribution in [0, 0.1) is 18.3 Å². The highest BCUT2D eigenvalue weighted by Crippen LogP contribution is 2.17. The van der Waals surface area contributed by atoms with Crippen LogP contribution in [0.2, 0.25) is 0 Å². The van der Waals surface area contributed by atoms with E-state index in [2.05, 4.69) is 0 Å². The van der Waals surface area contributed by atoms with Crippen molar-refractivity contribution >= 4 is 18.0 Å². The Kier molecular flexibility index (Phi) is 4.90. The van der Waals surface area contributed by atoms with Gasteiger partial charge < -0.3 is 10.5 Å². The number of amides is 1. The number of esters is 1. The van der Waals surface area contributed by atoms with Gasteiger partial charge in [-0.05, 0) is 42.3 Å². The van der Waals surface area contributed by atoms with E-state index in [4.69, 9.17) is 15.7 Å². The molecule has 0 aliphatic rings. The highest BCUT2D eigenvalue weighted by Gasteiger charge is 2.11. The second-order valence-electron chi connectivity index (χ2n) is 4.81. The van der Waals surface area contributed by atoms with Crippen LogP contribution in [0.25, 0.3) is 6.08 Å². The number of nitriles is 1.